The van der Waals surface area contributed by atoms with Gasteiger partial charge in [0.25, 0.3) is 11.8 Å². The molecule has 116 valence electrons. The summed E-state index contributed by atoms with van der Waals surface area (Å²) in [4.78, 5) is 18.8. The normalized spacial score (nSPS) is 17.6. The number of aromatic nitrogens is 2. The highest BCUT2D eigenvalue weighted by Gasteiger charge is 2.31. The number of benzene rings is 1. The second kappa shape index (κ2) is 5.96. The van der Waals surface area contributed by atoms with E-state index in [0.29, 0.717) is 18.3 Å². The lowest BCUT2D eigenvalue weighted by atomic mass is 10.1. The van der Waals surface area contributed by atoms with Gasteiger partial charge in [0, 0.05) is 30.0 Å². The first-order chi connectivity index (χ1) is 11.3. The third-order valence-electron chi connectivity index (χ3n) is 4.07. The van der Waals surface area contributed by atoms with E-state index < -0.39 is 0 Å². The molecule has 1 aliphatic heterocycles. The van der Waals surface area contributed by atoms with E-state index in [1.165, 1.54) is 11.3 Å². The van der Waals surface area contributed by atoms with E-state index in [-0.39, 0.29) is 11.8 Å². The second-order valence-corrected chi connectivity index (χ2v) is 6.35. The molecular weight excluding hydrogens is 310 g/mol. The predicted molar refractivity (Wildman–Crippen MR) is 87.3 cm³/mol. The minimum absolute atomic E-state index is 0.0838. The van der Waals surface area contributed by atoms with Crippen LogP contribution in [0.4, 0.5) is 0 Å². The van der Waals surface area contributed by atoms with Gasteiger partial charge in [0.2, 0.25) is 0 Å². The molecule has 2 aromatic heterocycles. The van der Waals surface area contributed by atoms with Gasteiger partial charge in [-0.3, -0.25) is 4.79 Å². The zero-order valence-electron chi connectivity index (χ0n) is 12.4. The summed E-state index contributed by atoms with van der Waals surface area (Å²) in [5.74, 6) is 1.44. The molecule has 0 saturated carbocycles. The van der Waals surface area contributed by atoms with Crippen LogP contribution in [0.15, 0.2) is 51.7 Å². The largest absolute Gasteiger partial charge is 0.338 e. The summed E-state index contributed by atoms with van der Waals surface area (Å²) in [5, 5.41) is 7.92. The van der Waals surface area contributed by atoms with Crippen molar-refractivity contribution in [3.63, 3.8) is 0 Å². The van der Waals surface area contributed by atoms with Crippen molar-refractivity contribution in [2.75, 3.05) is 13.1 Å². The van der Waals surface area contributed by atoms with Crippen molar-refractivity contribution in [1.82, 2.24) is 15.0 Å². The maximum absolute atomic E-state index is 12.4. The Hall–Kier alpha value is -2.47. The molecule has 1 aliphatic rings. The molecule has 0 N–H and O–H groups in total. The lowest BCUT2D eigenvalue weighted by Gasteiger charge is -2.14. The van der Waals surface area contributed by atoms with Gasteiger partial charge in [0.1, 0.15) is 0 Å². The second-order valence-electron chi connectivity index (χ2n) is 5.57. The topological polar surface area (TPSA) is 59.2 Å². The van der Waals surface area contributed by atoms with Crippen LogP contribution in [-0.2, 0) is 0 Å². The summed E-state index contributed by atoms with van der Waals surface area (Å²) in [5.41, 5.74) is 1.67. The average molecular weight is 325 g/mol. The Morgan fingerprint density at radius 2 is 2.13 bits per heavy atom. The van der Waals surface area contributed by atoms with Crippen LogP contribution in [0.2, 0.25) is 0 Å². The van der Waals surface area contributed by atoms with E-state index in [1.54, 1.807) is 0 Å². The number of likely N-dealkylation sites (tertiary alicyclic amines) is 1. The maximum atomic E-state index is 12.4. The Kier molecular flexibility index (Phi) is 3.67. The molecular formula is C17H15N3O2S. The van der Waals surface area contributed by atoms with Gasteiger partial charge in [-0.25, -0.2) is 0 Å². The Bertz CT molecular complexity index is 798. The molecule has 1 unspecified atom stereocenters. The molecule has 6 heteroatoms. The fourth-order valence-electron chi connectivity index (χ4n) is 2.82. The zero-order chi connectivity index (χ0) is 15.6. The Morgan fingerprint density at radius 1 is 1.26 bits per heavy atom. The van der Waals surface area contributed by atoms with Crippen LogP contribution in [0.25, 0.3) is 11.5 Å². The molecule has 1 saturated heterocycles. The van der Waals surface area contributed by atoms with Crippen molar-refractivity contribution in [3.8, 4) is 11.5 Å². The van der Waals surface area contributed by atoms with Crippen LogP contribution in [0.3, 0.4) is 0 Å². The molecule has 1 aromatic carbocycles. The molecule has 1 amide bonds. The van der Waals surface area contributed by atoms with Crippen LogP contribution >= 0.6 is 11.3 Å². The first-order valence-corrected chi connectivity index (χ1v) is 8.46. The van der Waals surface area contributed by atoms with E-state index in [4.69, 9.17) is 4.52 Å². The first kappa shape index (κ1) is 14.1. The molecule has 0 radical (unpaired) electrons. The molecule has 3 heterocycles. The van der Waals surface area contributed by atoms with E-state index in [0.717, 1.165) is 24.1 Å². The van der Waals surface area contributed by atoms with Crippen molar-refractivity contribution < 1.29 is 9.32 Å². The van der Waals surface area contributed by atoms with E-state index >= 15 is 0 Å². The van der Waals surface area contributed by atoms with Gasteiger partial charge in [-0.15, -0.1) is 0 Å². The molecule has 0 aliphatic carbocycles. The summed E-state index contributed by atoms with van der Waals surface area (Å²) in [6.45, 7) is 1.37. The van der Waals surface area contributed by atoms with Crippen molar-refractivity contribution in [2.45, 2.75) is 12.3 Å². The van der Waals surface area contributed by atoms with E-state index in [9.17, 15) is 4.79 Å². The highest BCUT2D eigenvalue weighted by atomic mass is 32.1. The molecule has 4 rings (SSSR count). The molecule has 1 atom stereocenters. The number of nitrogens with zero attached hydrogens (tertiary/aromatic N) is 3. The third-order valence-corrected chi connectivity index (χ3v) is 4.75. The minimum Gasteiger partial charge on any atom is -0.338 e. The number of rotatable bonds is 3. The van der Waals surface area contributed by atoms with Crippen molar-refractivity contribution >= 4 is 17.2 Å². The number of hydrogen-bond donors (Lipinski definition) is 0. The molecule has 0 bridgehead atoms. The Labute approximate surface area is 137 Å². The number of amides is 1. The summed E-state index contributed by atoms with van der Waals surface area (Å²) in [7, 11) is 0. The maximum Gasteiger partial charge on any atom is 0.257 e. The smallest absolute Gasteiger partial charge is 0.257 e. The van der Waals surface area contributed by atoms with Crippen molar-refractivity contribution in [2.24, 2.45) is 0 Å². The summed E-state index contributed by atoms with van der Waals surface area (Å²) < 4.78 is 5.37. The quantitative estimate of drug-likeness (QED) is 0.740. The Morgan fingerprint density at radius 3 is 2.91 bits per heavy atom. The van der Waals surface area contributed by atoms with Crippen LogP contribution < -0.4 is 0 Å². The van der Waals surface area contributed by atoms with Crippen LogP contribution in [0, 0.1) is 0 Å². The van der Waals surface area contributed by atoms with Gasteiger partial charge in [-0.1, -0.05) is 23.4 Å². The lowest BCUT2D eigenvalue weighted by molar-refractivity contribution is 0.0791. The van der Waals surface area contributed by atoms with Crippen LogP contribution in [-0.4, -0.2) is 34.0 Å². The number of carbonyl (C=O) groups excluding carboxylic acids is 1. The first-order valence-electron chi connectivity index (χ1n) is 7.52. The molecule has 3 aromatic rings. The van der Waals surface area contributed by atoms with Gasteiger partial charge >= 0.3 is 0 Å². The molecule has 1 fully saturated rings. The average Bonchev–Trinajstić information content (AvgIpc) is 3.35. The van der Waals surface area contributed by atoms with E-state index in [1.807, 2.05) is 52.1 Å². The van der Waals surface area contributed by atoms with Gasteiger partial charge in [0.15, 0.2) is 5.82 Å². The van der Waals surface area contributed by atoms with Gasteiger partial charge < -0.3 is 9.42 Å². The van der Waals surface area contributed by atoms with Gasteiger partial charge in [0.05, 0.1) is 5.56 Å². The summed E-state index contributed by atoms with van der Waals surface area (Å²) in [6.07, 6.45) is 0.865. The molecule has 5 nitrogen and oxygen atoms in total. The fraction of sp³-hybridized carbons (Fsp3) is 0.235. The SMILES string of the molecule is O=C(c1ccsc1)N1CCC(c2noc(-c3ccccc3)n2)C1. The van der Waals surface area contributed by atoms with Gasteiger partial charge in [-0.05, 0) is 30.0 Å². The van der Waals surface area contributed by atoms with Crippen molar-refractivity contribution in [1.29, 1.82) is 0 Å². The number of carbonyl (C=O) groups is 1. The highest BCUT2D eigenvalue weighted by molar-refractivity contribution is 7.08. The van der Waals surface area contributed by atoms with E-state index in [2.05, 4.69) is 10.1 Å². The highest BCUT2D eigenvalue weighted by Crippen LogP contribution is 2.28. The van der Waals surface area contributed by atoms with Crippen molar-refractivity contribution in [3.05, 3.63) is 58.5 Å². The third kappa shape index (κ3) is 2.77. The monoisotopic (exact) mass is 325 g/mol. The number of hydrogen-bond acceptors (Lipinski definition) is 5. The van der Waals surface area contributed by atoms with Crippen LogP contribution in [0.5, 0.6) is 0 Å². The zero-order valence-corrected chi connectivity index (χ0v) is 13.2. The number of thiophene rings is 1. The molecule has 23 heavy (non-hydrogen) atoms. The summed E-state index contributed by atoms with van der Waals surface area (Å²) >= 11 is 1.54. The Balaban J connectivity index is 1.48. The standard InChI is InChI=1S/C17H15N3O2S/c21-17(14-7-9-23-11-14)20-8-6-13(10-20)15-18-16(22-19-15)12-4-2-1-3-5-12/h1-5,7,9,11,13H,6,8,10H2. The summed E-state index contributed by atoms with van der Waals surface area (Å²) in [6, 6.07) is 11.6. The van der Waals surface area contributed by atoms with Gasteiger partial charge in [-0.2, -0.15) is 16.3 Å². The predicted octanol–water partition coefficient (Wildman–Crippen LogP) is 3.43. The molecule has 0 spiro atoms. The lowest BCUT2D eigenvalue weighted by Crippen LogP contribution is -2.28. The fourth-order valence-corrected chi connectivity index (χ4v) is 3.45. The minimum atomic E-state index is 0.0838. The van der Waals surface area contributed by atoms with Crippen LogP contribution in [0.1, 0.15) is 28.5 Å².